The van der Waals surface area contributed by atoms with E-state index in [9.17, 15) is 9.59 Å². The third kappa shape index (κ3) is 6.22. The Kier molecular flexibility index (Phi) is 7.64. The monoisotopic (exact) mass is 383 g/mol. The highest BCUT2D eigenvalue weighted by Gasteiger charge is 2.13. The molecule has 1 N–H and O–H groups in total. The molecule has 0 bridgehead atoms. The van der Waals surface area contributed by atoms with Crippen molar-refractivity contribution in [3.05, 3.63) is 58.5 Å². The molecule has 0 unspecified atom stereocenters. The predicted molar refractivity (Wildman–Crippen MR) is 109 cm³/mol. The smallest absolute Gasteiger partial charge is 0.271 e. The molecule has 1 heterocycles. The maximum absolute atomic E-state index is 12.3. The van der Waals surface area contributed by atoms with Gasteiger partial charge in [-0.05, 0) is 37.0 Å². The van der Waals surface area contributed by atoms with Gasteiger partial charge in [0.1, 0.15) is 18.1 Å². The largest absolute Gasteiger partial charge is 0.492 e. The number of nitrogens with one attached hydrogen (secondary N) is 1. The number of carbonyl (C=O) groups is 1. The highest BCUT2D eigenvalue weighted by molar-refractivity contribution is 5.91. The van der Waals surface area contributed by atoms with Crippen molar-refractivity contribution in [3.63, 3.8) is 0 Å². The van der Waals surface area contributed by atoms with E-state index in [2.05, 4.69) is 10.4 Å². The number of amides is 1. The van der Waals surface area contributed by atoms with E-state index in [4.69, 9.17) is 4.74 Å². The Labute approximate surface area is 165 Å². The van der Waals surface area contributed by atoms with Crippen LogP contribution in [0.25, 0.3) is 0 Å². The van der Waals surface area contributed by atoms with Gasteiger partial charge in [0, 0.05) is 12.6 Å². The van der Waals surface area contributed by atoms with Crippen molar-refractivity contribution in [2.45, 2.75) is 51.5 Å². The Morgan fingerprint density at radius 1 is 1.11 bits per heavy atom. The fraction of sp³-hybridized carbons (Fsp3) is 0.500. The van der Waals surface area contributed by atoms with Crippen molar-refractivity contribution < 1.29 is 9.53 Å². The summed E-state index contributed by atoms with van der Waals surface area (Å²) in [5.74, 6) is 1.32. The zero-order valence-corrected chi connectivity index (χ0v) is 16.3. The third-order valence-corrected chi connectivity index (χ3v) is 5.21. The Morgan fingerprint density at radius 2 is 1.89 bits per heavy atom. The van der Waals surface area contributed by atoms with Crippen LogP contribution >= 0.6 is 0 Å². The van der Waals surface area contributed by atoms with Gasteiger partial charge in [-0.2, -0.15) is 5.10 Å². The number of rotatable bonds is 9. The van der Waals surface area contributed by atoms with Crippen LogP contribution in [0.5, 0.6) is 5.75 Å². The third-order valence-electron chi connectivity index (χ3n) is 5.21. The molecule has 1 fully saturated rings. The molecule has 28 heavy (non-hydrogen) atoms. The van der Waals surface area contributed by atoms with Crippen molar-refractivity contribution >= 4 is 5.91 Å². The quantitative estimate of drug-likeness (QED) is 0.674. The molecule has 6 nitrogen and oxygen atoms in total. The molecule has 1 aromatic heterocycles. The Bertz CT molecular complexity index is 798. The zero-order valence-electron chi connectivity index (χ0n) is 16.3. The summed E-state index contributed by atoms with van der Waals surface area (Å²) in [5, 5.41) is 7.10. The van der Waals surface area contributed by atoms with Crippen LogP contribution in [-0.4, -0.2) is 28.8 Å². The predicted octanol–water partition coefficient (Wildman–Crippen LogP) is 3.41. The number of hydrogen-bond donors (Lipinski definition) is 1. The van der Waals surface area contributed by atoms with Crippen LogP contribution < -0.4 is 15.6 Å². The van der Waals surface area contributed by atoms with E-state index >= 15 is 0 Å². The molecule has 1 aliphatic rings. The van der Waals surface area contributed by atoms with E-state index in [-0.39, 0.29) is 23.7 Å². The van der Waals surface area contributed by atoms with Gasteiger partial charge in [0.2, 0.25) is 0 Å². The van der Waals surface area contributed by atoms with Crippen LogP contribution in [0.4, 0.5) is 0 Å². The fourth-order valence-corrected chi connectivity index (χ4v) is 3.66. The van der Waals surface area contributed by atoms with Crippen molar-refractivity contribution in [1.82, 2.24) is 15.1 Å². The summed E-state index contributed by atoms with van der Waals surface area (Å²) in [6.07, 6.45) is 8.86. The Morgan fingerprint density at radius 3 is 2.68 bits per heavy atom. The van der Waals surface area contributed by atoms with Crippen LogP contribution in [0.2, 0.25) is 0 Å². The van der Waals surface area contributed by atoms with Crippen LogP contribution in [-0.2, 0) is 6.54 Å². The molecule has 150 valence electrons. The summed E-state index contributed by atoms with van der Waals surface area (Å²) in [5.41, 5.74) is 0.0162. The summed E-state index contributed by atoms with van der Waals surface area (Å²) in [6.45, 7) is 1.24. The molecular formula is C22H29N3O3. The van der Waals surface area contributed by atoms with Crippen LogP contribution in [0.15, 0.2) is 47.3 Å². The first kappa shape index (κ1) is 20.1. The zero-order chi connectivity index (χ0) is 19.6. The summed E-state index contributed by atoms with van der Waals surface area (Å²) in [7, 11) is 0. The molecule has 1 aromatic carbocycles. The van der Waals surface area contributed by atoms with E-state index in [0.717, 1.165) is 18.1 Å². The molecule has 1 amide bonds. The molecule has 1 aliphatic carbocycles. The standard InChI is InChI=1S/C22H29N3O3/c26-21-14-13-20(22(27)23-15-7-10-18-8-3-1-4-9-18)24-25(21)16-17-28-19-11-5-2-6-12-19/h2,5-6,11-14,18H,1,3-4,7-10,15-17H2,(H,23,27). The number of ether oxygens (including phenoxy) is 1. The SMILES string of the molecule is O=C(NCCCC1CCCCC1)c1ccc(=O)n(CCOc2ccccc2)n1. The van der Waals surface area contributed by atoms with E-state index in [1.54, 1.807) is 0 Å². The van der Waals surface area contributed by atoms with Gasteiger partial charge in [0.05, 0.1) is 6.54 Å². The topological polar surface area (TPSA) is 73.2 Å². The van der Waals surface area contributed by atoms with Gasteiger partial charge in [0.15, 0.2) is 0 Å². The normalized spacial score (nSPS) is 14.6. The first-order valence-electron chi connectivity index (χ1n) is 10.3. The average Bonchev–Trinajstić information content (AvgIpc) is 2.74. The van der Waals surface area contributed by atoms with Crippen LogP contribution in [0.3, 0.4) is 0 Å². The average molecular weight is 383 g/mol. The van der Waals surface area contributed by atoms with Gasteiger partial charge in [0.25, 0.3) is 11.5 Å². The molecule has 0 spiro atoms. The molecule has 1 saturated carbocycles. The molecular weight excluding hydrogens is 354 g/mol. The minimum absolute atomic E-state index is 0.235. The lowest BCUT2D eigenvalue weighted by Crippen LogP contribution is -2.31. The molecule has 3 rings (SSSR count). The second-order valence-corrected chi connectivity index (χ2v) is 7.34. The highest BCUT2D eigenvalue weighted by Crippen LogP contribution is 2.26. The molecule has 0 aliphatic heterocycles. The van der Waals surface area contributed by atoms with Gasteiger partial charge in [-0.1, -0.05) is 50.3 Å². The molecule has 0 radical (unpaired) electrons. The number of aromatic nitrogens is 2. The fourth-order valence-electron chi connectivity index (χ4n) is 3.66. The van der Waals surface area contributed by atoms with Gasteiger partial charge in [-0.3, -0.25) is 9.59 Å². The van der Waals surface area contributed by atoms with Crippen LogP contribution in [0.1, 0.15) is 55.4 Å². The Balaban J connectivity index is 1.44. The highest BCUT2D eigenvalue weighted by atomic mass is 16.5. The first-order chi connectivity index (χ1) is 13.7. The molecule has 2 aromatic rings. The molecule has 6 heteroatoms. The van der Waals surface area contributed by atoms with Crippen molar-refractivity contribution in [2.75, 3.05) is 13.2 Å². The maximum atomic E-state index is 12.3. The number of nitrogens with zero attached hydrogens (tertiary/aromatic N) is 2. The summed E-state index contributed by atoms with van der Waals surface area (Å²) >= 11 is 0. The van der Waals surface area contributed by atoms with Gasteiger partial charge in [-0.25, -0.2) is 4.68 Å². The second kappa shape index (κ2) is 10.6. The summed E-state index contributed by atoms with van der Waals surface area (Å²) < 4.78 is 6.88. The summed E-state index contributed by atoms with van der Waals surface area (Å²) in [4.78, 5) is 24.3. The second-order valence-electron chi connectivity index (χ2n) is 7.34. The van der Waals surface area contributed by atoms with E-state index in [0.29, 0.717) is 13.2 Å². The lowest BCUT2D eigenvalue weighted by atomic mass is 9.86. The van der Waals surface area contributed by atoms with E-state index in [1.165, 1.54) is 55.3 Å². The number of hydrogen-bond acceptors (Lipinski definition) is 4. The van der Waals surface area contributed by atoms with Gasteiger partial charge >= 0.3 is 0 Å². The van der Waals surface area contributed by atoms with Crippen molar-refractivity contribution in [1.29, 1.82) is 0 Å². The minimum Gasteiger partial charge on any atom is -0.492 e. The lowest BCUT2D eigenvalue weighted by molar-refractivity contribution is 0.0944. The molecule has 0 saturated heterocycles. The van der Waals surface area contributed by atoms with Gasteiger partial charge in [-0.15, -0.1) is 0 Å². The van der Waals surface area contributed by atoms with E-state index < -0.39 is 0 Å². The maximum Gasteiger partial charge on any atom is 0.271 e. The first-order valence-corrected chi connectivity index (χ1v) is 10.3. The van der Waals surface area contributed by atoms with Gasteiger partial charge < -0.3 is 10.1 Å². The summed E-state index contributed by atoms with van der Waals surface area (Å²) in [6, 6.07) is 12.3. The minimum atomic E-state index is -0.245. The van der Waals surface area contributed by atoms with Crippen molar-refractivity contribution in [3.8, 4) is 5.75 Å². The number of carbonyl (C=O) groups excluding carboxylic acids is 1. The Hall–Kier alpha value is -2.63. The molecule has 0 atom stereocenters. The van der Waals surface area contributed by atoms with Crippen molar-refractivity contribution in [2.24, 2.45) is 5.92 Å². The number of para-hydroxylation sites is 1. The van der Waals surface area contributed by atoms with Crippen LogP contribution in [0, 0.1) is 5.92 Å². The van der Waals surface area contributed by atoms with E-state index in [1.807, 2.05) is 30.3 Å². The number of benzene rings is 1. The lowest BCUT2D eigenvalue weighted by Gasteiger charge is -2.21.